The van der Waals surface area contributed by atoms with Crippen molar-refractivity contribution in [2.24, 2.45) is 52.3 Å². The number of hydrogen-bond donors (Lipinski definition) is 22. The van der Waals surface area contributed by atoms with Crippen molar-refractivity contribution in [2.75, 3.05) is 38.2 Å². The van der Waals surface area contributed by atoms with E-state index in [0.717, 1.165) is 0 Å². The summed E-state index contributed by atoms with van der Waals surface area (Å²) in [7, 11) is 0. The normalized spacial score (nSPS) is 15.9. The fourth-order valence-corrected chi connectivity index (χ4v) is 13.8. The van der Waals surface area contributed by atoms with Gasteiger partial charge < -0.3 is 123 Å². The zero-order valence-corrected chi connectivity index (χ0v) is 73.1. The van der Waals surface area contributed by atoms with Gasteiger partial charge in [-0.25, -0.2) is 4.79 Å². The highest BCUT2D eigenvalue weighted by atomic mass is 32.2. The van der Waals surface area contributed by atoms with Crippen LogP contribution in [-0.2, 0) is 99.1 Å². The second-order valence-electron chi connectivity index (χ2n) is 32.5. The summed E-state index contributed by atoms with van der Waals surface area (Å²) in [5.41, 5.74) is 29.4. The highest BCUT2D eigenvalue weighted by Gasteiger charge is 2.43. The highest BCUT2D eigenvalue weighted by molar-refractivity contribution is 7.98. The Kier molecular flexibility index (Phi) is 47.7. The molecule has 0 radical (unpaired) electrons. The summed E-state index contributed by atoms with van der Waals surface area (Å²) in [6.07, 6.45) is -0.526. The zero-order chi connectivity index (χ0) is 93.2. The van der Waals surface area contributed by atoms with Gasteiger partial charge in [0.05, 0.1) is 25.5 Å². The maximum atomic E-state index is 15.3. The van der Waals surface area contributed by atoms with Crippen molar-refractivity contribution in [2.45, 2.75) is 269 Å². The standard InChI is InChI=1S/C82H131N19O22S/c1-43(2)35-55(73(113)90-54(28-29-66(106)107)72(112)89-52(21-14-16-31-83)71(111)98-61(82(122)123)41-65(87)105)93-76(116)58(38-49-24-26-50(103)27-25-49)95-70(110)53(22-15-17-32-84)91-79(119)63-23-18-33-101(63)81(121)60(39-48-19-12-11-13-20-48)97-77(117)59(40-64(86)104)96-75(115)56(36-44(3)4)92-74(114)57(37-45(5)6)94-78(118)62(42-102)99-68(108)47(9)88-80(120)67(46(7)8)100-69(109)51(85)30-34-124-10/h11-13,19-20,24-27,43-47,51-63,67,102-103H,14-18,21-23,28-42,83-85H2,1-10H3,(H2,86,104)(H2,87,105)(H,88,120)(H,89,112)(H,90,113)(H,91,119)(H,92,114)(H,93,116)(H,94,118)(H,95,110)(H,96,115)(H,97,117)(H,98,111)(H,99,108)(H,100,109)(H,106,107)(H,122,123)/t47-,51-,52-,53-,54-,55-,56-,57-,58-,59-,60-,61-,62-,63-,67-/m0/s1. The van der Waals surface area contributed by atoms with E-state index in [9.17, 15) is 102 Å². The number of carbonyl (C=O) groups is 18. The smallest absolute Gasteiger partial charge is 0.326 e. The molecule has 1 fully saturated rings. The number of amides is 16. The summed E-state index contributed by atoms with van der Waals surface area (Å²) in [6.45, 7) is 14.1. The number of rotatable bonds is 58. The van der Waals surface area contributed by atoms with Gasteiger partial charge in [0.25, 0.3) is 0 Å². The molecule has 27 N–H and O–H groups in total. The van der Waals surface area contributed by atoms with Gasteiger partial charge in [0.2, 0.25) is 94.5 Å². The number of carboxylic acid groups (broad SMARTS) is 2. The van der Waals surface area contributed by atoms with Crippen LogP contribution in [0.3, 0.4) is 0 Å². The summed E-state index contributed by atoms with van der Waals surface area (Å²) in [6, 6.07) is -8.49. The monoisotopic (exact) mass is 1770 g/mol. The molecule has 0 aromatic heterocycles. The Morgan fingerprint density at radius 3 is 1.31 bits per heavy atom. The first-order valence-corrected chi connectivity index (χ1v) is 43.2. The lowest BCUT2D eigenvalue weighted by Crippen LogP contribution is -2.61. The van der Waals surface area contributed by atoms with Crippen molar-refractivity contribution in [3.63, 3.8) is 0 Å². The van der Waals surface area contributed by atoms with Crippen LogP contribution in [0.2, 0.25) is 0 Å². The summed E-state index contributed by atoms with van der Waals surface area (Å²) in [5, 5.41) is 73.0. The SMILES string of the molecule is CSCC[C@H](N)C(=O)N[C@H](C(=O)N[C@@H](C)C(=O)N[C@@H](CO)C(=O)N[C@@H](CC(C)C)C(=O)N[C@@H](CC(C)C)C(=O)N[C@@H](CC(N)=O)C(=O)N[C@@H](Cc1ccccc1)C(=O)N1CCC[C@H]1C(=O)N[C@@H](CCCCN)C(=O)N[C@@H](Cc1ccc(O)cc1)C(=O)N[C@@H](CC(C)C)C(=O)N[C@@H](CCC(=O)O)C(=O)N[C@@H](CCCCN)C(=O)N[C@@H](CC(N)=O)C(=O)O)C(C)C. The number of phenols is 1. The fourth-order valence-electron chi connectivity index (χ4n) is 13.4. The number of nitrogens with one attached hydrogen (secondary N) is 13. The molecule has 0 aliphatic carbocycles. The number of likely N-dealkylation sites (tertiary alicyclic amines) is 1. The summed E-state index contributed by atoms with van der Waals surface area (Å²) >= 11 is 1.49. The molecular formula is C82H131N19O22S. The fraction of sp³-hybridized carbons (Fsp3) is 0.634. The van der Waals surface area contributed by atoms with Gasteiger partial charge in [-0.3, -0.25) is 81.5 Å². The summed E-state index contributed by atoms with van der Waals surface area (Å²) in [4.78, 5) is 249. The van der Waals surface area contributed by atoms with Crippen LogP contribution in [0.25, 0.3) is 0 Å². The van der Waals surface area contributed by atoms with Crippen LogP contribution in [-0.4, -0.2) is 261 Å². The number of aliphatic hydroxyl groups excluding tert-OH is 1. The van der Waals surface area contributed by atoms with Crippen LogP contribution in [0.4, 0.5) is 0 Å². The largest absolute Gasteiger partial charge is 0.508 e. The molecule has 41 nitrogen and oxygen atoms in total. The summed E-state index contributed by atoms with van der Waals surface area (Å²) < 4.78 is 0. The molecule has 1 heterocycles. The van der Waals surface area contributed by atoms with Crippen molar-refractivity contribution in [3.05, 3.63) is 65.7 Å². The molecule has 124 heavy (non-hydrogen) atoms. The minimum Gasteiger partial charge on any atom is -0.508 e. The summed E-state index contributed by atoms with van der Waals surface area (Å²) in [5.74, 6) is -19.3. The lowest BCUT2D eigenvalue weighted by Gasteiger charge is -2.31. The van der Waals surface area contributed by atoms with Crippen LogP contribution in [0.5, 0.6) is 5.75 Å². The lowest BCUT2D eigenvalue weighted by molar-refractivity contribution is -0.144. The number of nitrogens with two attached hydrogens (primary N) is 5. The predicted molar refractivity (Wildman–Crippen MR) is 457 cm³/mol. The van der Waals surface area contributed by atoms with Gasteiger partial charge in [-0.15, -0.1) is 0 Å². The van der Waals surface area contributed by atoms with Crippen molar-refractivity contribution < 1.29 is 107 Å². The molecule has 16 amide bonds. The molecule has 1 aliphatic heterocycles. The van der Waals surface area contributed by atoms with E-state index in [1.807, 2.05) is 6.26 Å². The van der Waals surface area contributed by atoms with E-state index in [4.69, 9.17) is 28.7 Å². The van der Waals surface area contributed by atoms with Gasteiger partial charge >= 0.3 is 11.9 Å². The third-order valence-electron chi connectivity index (χ3n) is 20.0. The quantitative estimate of drug-likeness (QED) is 0.0284. The molecule has 1 saturated heterocycles. The van der Waals surface area contributed by atoms with E-state index in [2.05, 4.69) is 69.1 Å². The molecule has 1 aliphatic rings. The average molecular weight is 1770 g/mol. The van der Waals surface area contributed by atoms with Crippen LogP contribution in [0.15, 0.2) is 54.6 Å². The Bertz CT molecular complexity index is 3920. The molecular weight excluding hydrogens is 1640 g/mol. The predicted octanol–water partition coefficient (Wildman–Crippen LogP) is -3.68. The number of carbonyl (C=O) groups excluding carboxylic acids is 16. The van der Waals surface area contributed by atoms with E-state index in [1.54, 1.807) is 85.7 Å². The number of aliphatic hydroxyl groups is 1. The minimum atomic E-state index is -1.83. The van der Waals surface area contributed by atoms with Crippen molar-refractivity contribution in [3.8, 4) is 5.75 Å². The van der Waals surface area contributed by atoms with E-state index in [0.29, 0.717) is 36.1 Å². The number of thioether (sulfide) groups is 1. The molecule has 0 bridgehead atoms. The van der Waals surface area contributed by atoms with Gasteiger partial charge in [-0.05, 0) is 162 Å². The molecule has 0 saturated carbocycles. The molecule has 2 aromatic rings. The second kappa shape index (κ2) is 55.2. The van der Waals surface area contributed by atoms with Gasteiger partial charge in [-0.2, -0.15) is 11.8 Å². The Balaban J connectivity index is 1.99. The van der Waals surface area contributed by atoms with Crippen LogP contribution < -0.4 is 97.8 Å². The maximum Gasteiger partial charge on any atom is 0.326 e. The van der Waals surface area contributed by atoms with E-state index in [-0.39, 0.29) is 114 Å². The van der Waals surface area contributed by atoms with Crippen molar-refractivity contribution in [1.82, 2.24) is 74.0 Å². The number of carboxylic acids is 2. The second-order valence-corrected chi connectivity index (χ2v) is 33.5. The molecule has 42 heteroatoms. The van der Waals surface area contributed by atoms with E-state index < -0.39 is 235 Å². The topological polar surface area (TPSA) is 678 Å². The van der Waals surface area contributed by atoms with Crippen molar-refractivity contribution >= 4 is 118 Å². The number of primary amides is 2. The van der Waals surface area contributed by atoms with Crippen molar-refractivity contribution in [1.29, 1.82) is 0 Å². The Morgan fingerprint density at radius 2 is 0.847 bits per heavy atom. The molecule has 0 unspecified atom stereocenters. The van der Waals surface area contributed by atoms with Crippen LogP contribution in [0, 0.1) is 23.7 Å². The first-order chi connectivity index (χ1) is 58.4. The third kappa shape index (κ3) is 38.8. The first-order valence-electron chi connectivity index (χ1n) is 41.8. The minimum absolute atomic E-state index is 0.0173. The number of aromatic hydroxyl groups is 1. The van der Waals surface area contributed by atoms with Crippen LogP contribution in [0.1, 0.15) is 176 Å². The number of hydrogen-bond acceptors (Lipinski definition) is 24. The first kappa shape index (κ1) is 107. The lowest BCUT2D eigenvalue weighted by atomic mass is 9.99. The Hall–Kier alpha value is -11.1. The van der Waals surface area contributed by atoms with Gasteiger partial charge in [0, 0.05) is 25.8 Å². The molecule has 2 aromatic carbocycles. The average Bonchev–Trinajstić information content (AvgIpc) is 1.62. The third-order valence-corrected chi connectivity index (χ3v) is 20.7. The van der Waals surface area contributed by atoms with E-state index >= 15 is 4.79 Å². The van der Waals surface area contributed by atoms with Gasteiger partial charge in [0.1, 0.15) is 90.3 Å². The molecule has 3 rings (SSSR count). The maximum absolute atomic E-state index is 15.3. The zero-order valence-electron chi connectivity index (χ0n) is 72.3. The number of nitrogens with zero attached hydrogens (tertiary/aromatic N) is 1. The number of phenolic OH excluding ortho intramolecular Hbond substituents is 1. The van der Waals surface area contributed by atoms with Crippen LogP contribution >= 0.6 is 11.8 Å². The number of aliphatic carboxylic acids is 2. The molecule has 15 atom stereocenters. The highest BCUT2D eigenvalue weighted by Crippen LogP contribution is 2.23. The Morgan fingerprint density at radius 1 is 0.444 bits per heavy atom. The van der Waals surface area contributed by atoms with Gasteiger partial charge in [-0.1, -0.05) is 97.9 Å². The molecule has 0 spiro atoms. The number of unbranched alkanes of at least 4 members (excludes halogenated alkanes) is 2. The molecule has 692 valence electrons. The van der Waals surface area contributed by atoms with Gasteiger partial charge in [0.15, 0.2) is 0 Å². The Labute approximate surface area is 726 Å². The number of benzene rings is 2. The van der Waals surface area contributed by atoms with E-state index in [1.165, 1.54) is 47.9 Å².